The molecule has 0 aromatic heterocycles. The van der Waals surface area contributed by atoms with Gasteiger partial charge in [0.05, 0.1) is 0 Å². The van der Waals surface area contributed by atoms with E-state index in [1.807, 2.05) is 6.92 Å². The van der Waals surface area contributed by atoms with Crippen molar-refractivity contribution in [3.63, 3.8) is 0 Å². The van der Waals surface area contributed by atoms with Crippen LogP contribution in [0, 0.1) is 0 Å². The van der Waals surface area contributed by atoms with Gasteiger partial charge in [-0.15, -0.1) is 0 Å². The van der Waals surface area contributed by atoms with E-state index in [0.717, 1.165) is 0 Å². The molecule has 0 aromatic carbocycles. The molecular weight excluding hydrogens is 151 g/mol. The summed E-state index contributed by atoms with van der Waals surface area (Å²) in [4.78, 5) is 10.4. The minimum atomic E-state index is -2.85. The van der Waals surface area contributed by atoms with Gasteiger partial charge in [0.2, 0.25) is 13.4 Å². The molecule has 5 heteroatoms. The molecule has 10 heavy (non-hydrogen) atoms. The number of carbonyl (C=O) groups excluding carboxylic acids is 1. The molecule has 0 heterocycles. The Morgan fingerprint density at radius 1 is 1.70 bits per heavy atom. The highest BCUT2D eigenvalue weighted by Gasteiger charge is 2.14. The van der Waals surface area contributed by atoms with E-state index < -0.39 is 7.44 Å². The Bertz CT molecular complexity index is 169. The molecule has 0 aliphatic heterocycles. The first kappa shape index (κ1) is 9.66. The molecule has 0 saturated heterocycles. The Hall–Kier alpha value is -0.340. The van der Waals surface area contributed by atoms with Gasteiger partial charge in [0.15, 0.2) is 0 Å². The maximum absolute atomic E-state index is 11.1. The summed E-state index contributed by atoms with van der Waals surface area (Å²) in [6.45, 7) is 3.16. The Labute approximate surface area is 60.7 Å². The van der Waals surface area contributed by atoms with Gasteiger partial charge in [-0.25, -0.2) is 0 Å². The second-order valence-corrected chi connectivity index (χ2v) is 4.45. The van der Waals surface area contributed by atoms with Crippen LogP contribution in [0.1, 0.15) is 20.3 Å². The standard InChI is InChI=1S/C5H13N2O2P/c1-3-4-10(6,9)7-5(2)8/h3-4H2,1-2H3,(H3,6,7,8,9). The summed E-state index contributed by atoms with van der Waals surface area (Å²) < 4.78 is 11.1. The highest BCUT2D eigenvalue weighted by molar-refractivity contribution is 7.60. The maximum atomic E-state index is 11.1. The normalized spacial score (nSPS) is 15.9. The quantitative estimate of drug-likeness (QED) is 0.602. The fourth-order valence-electron chi connectivity index (χ4n) is 0.655. The maximum Gasteiger partial charge on any atom is 0.234 e. The van der Waals surface area contributed by atoms with E-state index in [1.165, 1.54) is 6.92 Å². The van der Waals surface area contributed by atoms with Crippen LogP contribution in [0.5, 0.6) is 0 Å². The lowest BCUT2D eigenvalue weighted by molar-refractivity contribution is -0.117. The zero-order valence-electron chi connectivity index (χ0n) is 6.26. The van der Waals surface area contributed by atoms with Gasteiger partial charge in [-0.2, -0.15) is 0 Å². The first-order valence-electron chi connectivity index (χ1n) is 3.14. The number of carbonyl (C=O) groups is 1. The third-order valence-electron chi connectivity index (χ3n) is 0.902. The summed E-state index contributed by atoms with van der Waals surface area (Å²) in [7, 11) is -2.85. The molecule has 0 fully saturated rings. The molecule has 0 saturated carbocycles. The molecule has 4 nitrogen and oxygen atoms in total. The molecule has 0 bridgehead atoms. The molecule has 0 spiro atoms. The van der Waals surface area contributed by atoms with Crippen LogP contribution in [0.15, 0.2) is 0 Å². The molecule has 0 aliphatic rings. The average molecular weight is 164 g/mol. The van der Waals surface area contributed by atoms with Crippen LogP contribution in [0.3, 0.4) is 0 Å². The van der Waals surface area contributed by atoms with Gasteiger partial charge in [-0.1, -0.05) is 6.92 Å². The van der Waals surface area contributed by atoms with Crippen molar-refractivity contribution in [3.05, 3.63) is 0 Å². The average Bonchev–Trinajstić information content (AvgIpc) is 1.59. The summed E-state index contributed by atoms with van der Waals surface area (Å²) >= 11 is 0. The van der Waals surface area contributed by atoms with Crippen molar-refractivity contribution < 1.29 is 9.36 Å². The summed E-state index contributed by atoms with van der Waals surface area (Å²) in [5, 5.41) is 2.21. The van der Waals surface area contributed by atoms with Crippen molar-refractivity contribution in [1.82, 2.24) is 5.09 Å². The zero-order valence-corrected chi connectivity index (χ0v) is 7.15. The van der Waals surface area contributed by atoms with E-state index in [9.17, 15) is 9.36 Å². The first-order valence-corrected chi connectivity index (χ1v) is 5.10. The third kappa shape index (κ3) is 4.53. The van der Waals surface area contributed by atoms with E-state index >= 15 is 0 Å². The van der Waals surface area contributed by atoms with Crippen LogP contribution in [-0.4, -0.2) is 12.1 Å². The minimum Gasteiger partial charge on any atom is -0.295 e. The van der Waals surface area contributed by atoms with Crippen LogP contribution in [0.2, 0.25) is 0 Å². The molecule has 1 amide bonds. The van der Waals surface area contributed by atoms with Crippen molar-refractivity contribution in [3.8, 4) is 0 Å². The Morgan fingerprint density at radius 3 is 2.50 bits per heavy atom. The largest absolute Gasteiger partial charge is 0.295 e. The second-order valence-electron chi connectivity index (χ2n) is 2.19. The van der Waals surface area contributed by atoms with Gasteiger partial charge in [0.1, 0.15) is 0 Å². The molecule has 0 radical (unpaired) electrons. The predicted octanol–water partition coefficient (Wildman–Crippen LogP) is 0.684. The topological polar surface area (TPSA) is 72.2 Å². The summed E-state index contributed by atoms with van der Waals surface area (Å²) in [5.41, 5.74) is 5.25. The van der Waals surface area contributed by atoms with E-state index in [-0.39, 0.29) is 5.91 Å². The Kier molecular flexibility index (Phi) is 3.61. The highest BCUT2D eigenvalue weighted by Crippen LogP contribution is 2.30. The number of rotatable bonds is 3. The van der Waals surface area contributed by atoms with Crippen LogP contribution in [0.25, 0.3) is 0 Å². The molecule has 1 unspecified atom stereocenters. The van der Waals surface area contributed by atoms with Gasteiger partial charge in [-0.3, -0.25) is 20.0 Å². The smallest absolute Gasteiger partial charge is 0.234 e. The molecular formula is C5H13N2O2P. The number of amides is 1. The van der Waals surface area contributed by atoms with Crippen LogP contribution >= 0.6 is 7.44 Å². The summed E-state index contributed by atoms with van der Waals surface area (Å²) in [6, 6.07) is 0. The number of nitrogens with two attached hydrogens (primary N) is 1. The SMILES string of the molecule is CCCP(N)(=O)NC(C)=O. The molecule has 1 atom stereocenters. The molecule has 60 valence electrons. The van der Waals surface area contributed by atoms with Crippen LogP contribution < -0.4 is 10.6 Å². The van der Waals surface area contributed by atoms with Crippen LogP contribution in [-0.2, 0) is 9.36 Å². The lowest BCUT2D eigenvalue weighted by Gasteiger charge is -2.10. The summed E-state index contributed by atoms with van der Waals surface area (Å²) in [5.74, 6) is -0.334. The lowest BCUT2D eigenvalue weighted by atomic mass is 10.6. The summed E-state index contributed by atoms with van der Waals surface area (Å²) in [6.07, 6.45) is 1.08. The van der Waals surface area contributed by atoms with Gasteiger partial charge in [0.25, 0.3) is 0 Å². The van der Waals surface area contributed by atoms with Gasteiger partial charge >= 0.3 is 0 Å². The van der Waals surface area contributed by atoms with Crippen LogP contribution in [0.4, 0.5) is 0 Å². The Morgan fingerprint density at radius 2 is 2.20 bits per heavy atom. The number of hydrogen-bond acceptors (Lipinski definition) is 2. The fraction of sp³-hybridized carbons (Fsp3) is 0.800. The van der Waals surface area contributed by atoms with E-state index in [1.54, 1.807) is 0 Å². The van der Waals surface area contributed by atoms with Gasteiger partial charge in [-0.05, 0) is 6.42 Å². The zero-order chi connectivity index (χ0) is 8.20. The van der Waals surface area contributed by atoms with Gasteiger partial charge in [0, 0.05) is 13.1 Å². The number of nitrogens with one attached hydrogen (secondary N) is 1. The van der Waals surface area contributed by atoms with Gasteiger partial charge < -0.3 is 0 Å². The molecule has 0 aliphatic carbocycles. The Balaban J connectivity index is 3.87. The van der Waals surface area contributed by atoms with E-state index in [0.29, 0.717) is 12.6 Å². The van der Waals surface area contributed by atoms with E-state index in [2.05, 4.69) is 5.09 Å². The van der Waals surface area contributed by atoms with Crippen molar-refractivity contribution in [2.24, 2.45) is 5.50 Å². The molecule has 0 aromatic rings. The van der Waals surface area contributed by atoms with Crippen molar-refractivity contribution in [2.45, 2.75) is 20.3 Å². The van der Waals surface area contributed by atoms with Crippen molar-refractivity contribution in [1.29, 1.82) is 0 Å². The molecule has 3 N–H and O–H groups in total. The third-order valence-corrected chi connectivity index (χ3v) is 2.71. The highest BCUT2D eigenvalue weighted by atomic mass is 31.2. The van der Waals surface area contributed by atoms with E-state index in [4.69, 9.17) is 5.50 Å². The monoisotopic (exact) mass is 164 g/mol. The van der Waals surface area contributed by atoms with Crippen molar-refractivity contribution >= 4 is 13.4 Å². The number of hydrogen-bond donors (Lipinski definition) is 2. The van der Waals surface area contributed by atoms with Crippen molar-refractivity contribution in [2.75, 3.05) is 6.16 Å². The second kappa shape index (κ2) is 3.74. The lowest BCUT2D eigenvalue weighted by Crippen LogP contribution is -2.22. The fourth-order valence-corrected chi connectivity index (χ4v) is 1.96. The molecule has 0 rings (SSSR count). The predicted molar refractivity (Wildman–Crippen MR) is 40.8 cm³/mol. The first-order chi connectivity index (χ1) is 4.48. The minimum absolute atomic E-state index is 0.334.